The van der Waals surface area contributed by atoms with Crippen LogP contribution in [-0.2, 0) is 10.0 Å². The van der Waals surface area contributed by atoms with E-state index in [1.807, 2.05) is 6.92 Å². The van der Waals surface area contributed by atoms with Crippen molar-refractivity contribution < 1.29 is 8.42 Å². The van der Waals surface area contributed by atoms with Crippen molar-refractivity contribution in [2.24, 2.45) is 5.41 Å². The number of nitriles is 1. The van der Waals surface area contributed by atoms with Crippen molar-refractivity contribution >= 4 is 10.0 Å². The van der Waals surface area contributed by atoms with E-state index in [9.17, 15) is 8.42 Å². The van der Waals surface area contributed by atoms with Crippen LogP contribution in [-0.4, -0.2) is 21.2 Å². The lowest BCUT2D eigenvalue weighted by molar-refractivity contribution is 0.575. The molecule has 4 nitrogen and oxygen atoms in total. The summed E-state index contributed by atoms with van der Waals surface area (Å²) in [7, 11) is -3.19. The highest BCUT2D eigenvalue weighted by atomic mass is 32.2. The summed E-state index contributed by atoms with van der Waals surface area (Å²) in [5.41, 5.74) is 0.296. The van der Waals surface area contributed by atoms with Gasteiger partial charge >= 0.3 is 0 Å². The van der Waals surface area contributed by atoms with E-state index in [4.69, 9.17) is 5.26 Å². The minimum Gasteiger partial charge on any atom is -0.213 e. The Hall–Kier alpha value is -0.860. The van der Waals surface area contributed by atoms with Crippen LogP contribution in [0, 0.1) is 16.7 Å². The molecule has 0 amide bonds. The summed E-state index contributed by atoms with van der Waals surface area (Å²) in [4.78, 5) is 0. The fraction of sp³-hybridized carbons (Fsp3) is 0.571. The van der Waals surface area contributed by atoms with Crippen LogP contribution in [0.3, 0.4) is 0 Å². The molecule has 0 saturated carbocycles. The van der Waals surface area contributed by atoms with E-state index in [0.29, 0.717) is 0 Å². The second-order valence-electron chi connectivity index (χ2n) is 3.00. The van der Waals surface area contributed by atoms with Crippen LogP contribution in [0.1, 0.15) is 6.92 Å². The molecular weight excluding hydrogens is 176 g/mol. The summed E-state index contributed by atoms with van der Waals surface area (Å²) in [6.45, 7) is 1.97. The van der Waals surface area contributed by atoms with E-state index in [1.165, 1.54) is 0 Å². The molecule has 1 N–H and O–H groups in total. The molecule has 0 fully saturated rings. The summed E-state index contributed by atoms with van der Waals surface area (Å²) in [6.07, 6.45) is 2.83. The van der Waals surface area contributed by atoms with Crippen LogP contribution >= 0.6 is 0 Å². The van der Waals surface area contributed by atoms with Gasteiger partial charge in [0.05, 0.1) is 12.3 Å². The molecule has 66 valence electrons. The van der Waals surface area contributed by atoms with Crippen molar-refractivity contribution in [1.82, 2.24) is 4.72 Å². The van der Waals surface area contributed by atoms with E-state index < -0.39 is 15.4 Å². The van der Waals surface area contributed by atoms with Crippen molar-refractivity contribution in [3.8, 4) is 6.07 Å². The molecule has 1 aliphatic rings. The molecular formula is C7H10N2O2S. The maximum Gasteiger partial charge on any atom is 0.208 e. The van der Waals surface area contributed by atoms with Crippen LogP contribution in [0.15, 0.2) is 11.6 Å². The summed E-state index contributed by atoms with van der Waals surface area (Å²) >= 11 is 0. The van der Waals surface area contributed by atoms with Crippen molar-refractivity contribution in [2.45, 2.75) is 6.92 Å². The molecule has 1 atom stereocenters. The maximum atomic E-state index is 10.7. The predicted molar refractivity (Wildman–Crippen MR) is 44.6 cm³/mol. The zero-order valence-electron chi connectivity index (χ0n) is 6.96. The van der Waals surface area contributed by atoms with Crippen molar-refractivity contribution in [1.29, 1.82) is 5.26 Å². The largest absolute Gasteiger partial charge is 0.213 e. The lowest BCUT2D eigenvalue weighted by Crippen LogP contribution is -2.29. The van der Waals surface area contributed by atoms with Gasteiger partial charge in [-0.2, -0.15) is 5.26 Å². The lowest BCUT2D eigenvalue weighted by atomic mass is 10.0. The highest BCUT2D eigenvalue weighted by molar-refractivity contribution is 7.88. The van der Waals surface area contributed by atoms with Crippen LogP contribution in [0.5, 0.6) is 0 Å². The van der Waals surface area contributed by atoms with E-state index in [2.05, 4.69) is 10.8 Å². The van der Waals surface area contributed by atoms with Gasteiger partial charge in [-0.15, -0.1) is 0 Å². The highest BCUT2D eigenvalue weighted by Gasteiger charge is 2.41. The normalized spacial score (nSPS) is 27.6. The number of rotatable bonds is 3. The van der Waals surface area contributed by atoms with Crippen LogP contribution in [0.2, 0.25) is 0 Å². The molecule has 0 heterocycles. The average molecular weight is 186 g/mol. The lowest BCUT2D eigenvalue weighted by Gasteiger charge is -2.07. The Balaban J connectivity index is 2.51. The summed E-state index contributed by atoms with van der Waals surface area (Å²) in [5, 5.41) is 8.69. The standard InChI is InChI=1S/C7H10N2O2S/c1-6-3-7(6,4-8)5-9-12(2,10)11/h3,9H,5H2,1-2H3. The van der Waals surface area contributed by atoms with Crippen LogP contribution < -0.4 is 4.72 Å². The first-order valence-electron chi connectivity index (χ1n) is 3.45. The van der Waals surface area contributed by atoms with Gasteiger partial charge in [0.1, 0.15) is 5.41 Å². The molecule has 0 saturated heterocycles. The van der Waals surface area contributed by atoms with Crippen molar-refractivity contribution in [3.05, 3.63) is 11.6 Å². The Bertz CT molecular complexity index is 363. The van der Waals surface area contributed by atoms with Gasteiger partial charge in [0.15, 0.2) is 0 Å². The summed E-state index contributed by atoms with van der Waals surface area (Å²) in [5.74, 6) is 0. The zero-order chi connectivity index (χ0) is 9.41. The third-order valence-corrected chi connectivity index (χ3v) is 2.56. The molecule has 0 bridgehead atoms. The third-order valence-electron chi connectivity index (χ3n) is 1.90. The SMILES string of the molecule is CC1=CC1(C#N)CNS(C)(=O)=O. The fourth-order valence-corrected chi connectivity index (χ4v) is 1.42. The molecule has 0 aliphatic heterocycles. The average Bonchev–Trinajstić information content (AvgIpc) is 2.57. The van der Waals surface area contributed by atoms with Crippen LogP contribution in [0.4, 0.5) is 0 Å². The van der Waals surface area contributed by atoms with Gasteiger partial charge in [-0.05, 0) is 6.92 Å². The predicted octanol–water partition coefficient (Wildman–Crippen LogP) is 0.00548. The van der Waals surface area contributed by atoms with Gasteiger partial charge in [0.25, 0.3) is 0 Å². The van der Waals surface area contributed by atoms with Crippen LogP contribution in [0.25, 0.3) is 0 Å². The first-order chi connectivity index (χ1) is 5.40. The quantitative estimate of drug-likeness (QED) is 0.631. The molecule has 1 rings (SSSR count). The fourth-order valence-electron chi connectivity index (χ4n) is 0.929. The first-order valence-corrected chi connectivity index (χ1v) is 5.35. The second-order valence-corrected chi connectivity index (χ2v) is 4.84. The molecule has 0 aromatic rings. The third kappa shape index (κ3) is 1.84. The smallest absolute Gasteiger partial charge is 0.208 e. The Morgan fingerprint density at radius 3 is 2.50 bits per heavy atom. The Labute approximate surface area is 71.9 Å². The van der Waals surface area contributed by atoms with Crippen molar-refractivity contribution in [2.75, 3.05) is 12.8 Å². The molecule has 0 radical (unpaired) electrons. The molecule has 0 spiro atoms. The monoisotopic (exact) mass is 186 g/mol. The molecule has 5 heteroatoms. The summed E-state index contributed by atoms with van der Waals surface area (Å²) in [6, 6.07) is 2.06. The highest BCUT2D eigenvalue weighted by Crippen LogP contribution is 2.42. The molecule has 1 unspecified atom stereocenters. The Kier molecular flexibility index (Phi) is 1.98. The number of nitrogens with zero attached hydrogens (tertiary/aromatic N) is 1. The summed E-state index contributed by atoms with van der Waals surface area (Å²) < 4.78 is 23.7. The van der Waals surface area contributed by atoms with Gasteiger partial charge in [0, 0.05) is 6.54 Å². The number of hydrogen-bond donors (Lipinski definition) is 1. The van der Waals surface area contributed by atoms with E-state index in [0.717, 1.165) is 11.8 Å². The maximum absolute atomic E-state index is 10.7. The van der Waals surface area contributed by atoms with E-state index >= 15 is 0 Å². The van der Waals surface area contributed by atoms with Gasteiger partial charge in [-0.25, -0.2) is 13.1 Å². The second kappa shape index (κ2) is 2.57. The number of sulfonamides is 1. The Morgan fingerprint density at radius 1 is 1.75 bits per heavy atom. The molecule has 1 aliphatic carbocycles. The van der Waals surface area contributed by atoms with E-state index in [1.54, 1.807) is 6.08 Å². The number of nitrogens with one attached hydrogen (secondary N) is 1. The molecule has 0 aromatic heterocycles. The number of hydrogen-bond acceptors (Lipinski definition) is 3. The van der Waals surface area contributed by atoms with Gasteiger partial charge in [-0.1, -0.05) is 11.6 Å². The molecule has 12 heavy (non-hydrogen) atoms. The topological polar surface area (TPSA) is 70.0 Å². The first kappa shape index (κ1) is 9.23. The minimum atomic E-state index is -3.19. The minimum absolute atomic E-state index is 0.161. The van der Waals surface area contributed by atoms with Crippen molar-refractivity contribution in [3.63, 3.8) is 0 Å². The van der Waals surface area contributed by atoms with Gasteiger partial charge in [0.2, 0.25) is 10.0 Å². The van der Waals surface area contributed by atoms with E-state index in [-0.39, 0.29) is 6.54 Å². The Morgan fingerprint density at radius 2 is 2.25 bits per heavy atom. The zero-order valence-corrected chi connectivity index (χ0v) is 7.77. The van der Waals surface area contributed by atoms with Gasteiger partial charge < -0.3 is 0 Å². The molecule has 0 aromatic carbocycles. The van der Waals surface area contributed by atoms with Gasteiger partial charge in [-0.3, -0.25) is 0 Å².